The maximum absolute atomic E-state index is 11.7. The maximum atomic E-state index is 11.7. The number of nitrogens with one attached hydrogen (secondary N) is 2. The number of likely N-dealkylation sites (tertiary alicyclic amines) is 1. The van der Waals surface area contributed by atoms with E-state index >= 15 is 0 Å². The van der Waals surface area contributed by atoms with E-state index in [0.29, 0.717) is 0 Å². The minimum absolute atomic E-state index is 0. The summed E-state index contributed by atoms with van der Waals surface area (Å²) in [6, 6.07) is -0.295. The molecule has 2 fully saturated rings. The standard InChI is InChI=1S/C10H17N3O2.ClH/c1-13-4-2-3-8(10(13)15)12-9(14)7-5-11-6-7;/h7-8,11H,2-6H2,1H3,(H,12,14);1H. The quantitative estimate of drug-likeness (QED) is 0.683. The summed E-state index contributed by atoms with van der Waals surface area (Å²) in [4.78, 5) is 25.0. The maximum Gasteiger partial charge on any atom is 0.244 e. The van der Waals surface area contributed by atoms with Crippen molar-refractivity contribution in [3.05, 3.63) is 0 Å². The number of rotatable bonds is 2. The van der Waals surface area contributed by atoms with Gasteiger partial charge in [0.15, 0.2) is 0 Å². The number of hydrogen-bond donors (Lipinski definition) is 2. The lowest BCUT2D eigenvalue weighted by Gasteiger charge is -2.32. The van der Waals surface area contributed by atoms with Crippen molar-refractivity contribution >= 4 is 24.2 Å². The summed E-state index contributed by atoms with van der Waals surface area (Å²) in [5.41, 5.74) is 0. The second kappa shape index (κ2) is 5.50. The molecule has 2 saturated heterocycles. The highest BCUT2D eigenvalue weighted by Gasteiger charge is 2.31. The average molecular weight is 248 g/mol. The van der Waals surface area contributed by atoms with E-state index in [1.165, 1.54) is 0 Å². The molecule has 16 heavy (non-hydrogen) atoms. The Balaban J connectivity index is 0.00000128. The van der Waals surface area contributed by atoms with E-state index in [1.54, 1.807) is 11.9 Å². The van der Waals surface area contributed by atoms with Crippen LogP contribution in [0.3, 0.4) is 0 Å². The highest BCUT2D eigenvalue weighted by atomic mass is 35.5. The Morgan fingerprint density at radius 3 is 2.75 bits per heavy atom. The van der Waals surface area contributed by atoms with Gasteiger partial charge in [0.2, 0.25) is 11.8 Å². The van der Waals surface area contributed by atoms with E-state index < -0.39 is 0 Å². The van der Waals surface area contributed by atoms with Gasteiger partial charge in [-0.25, -0.2) is 0 Å². The number of carbonyl (C=O) groups is 2. The van der Waals surface area contributed by atoms with Gasteiger partial charge in [0.05, 0.1) is 5.92 Å². The van der Waals surface area contributed by atoms with Gasteiger partial charge in [0, 0.05) is 26.7 Å². The van der Waals surface area contributed by atoms with Crippen LogP contribution in [0.15, 0.2) is 0 Å². The highest BCUT2D eigenvalue weighted by Crippen LogP contribution is 2.11. The van der Waals surface area contributed by atoms with E-state index in [9.17, 15) is 9.59 Å². The van der Waals surface area contributed by atoms with Crippen molar-refractivity contribution in [1.29, 1.82) is 0 Å². The summed E-state index contributed by atoms with van der Waals surface area (Å²) in [6.45, 7) is 2.28. The Hall–Kier alpha value is -0.810. The van der Waals surface area contributed by atoms with E-state index in [4.69, 9.17) is 0 Å². The predicted molar refractivity (Wildman–Crippen MR) is 62.4 cm³/mol. The fourth-order valence-corrected chi connectivity index (χ4v) is 1.93. The Morgan fingerprint density at radius 1 is 1.50 bits per heavy atom. The highest BCUT2D eigenvalue weighted by molar-refractivity contribution is 5.89. The second-order valence-electron chi connectivity index (χ2n) is 4.32. The lowest BCUT2D eigenvalue weighted by Crippen LogP contribution is -2.57. The first-order valence-corrected chi connectivity index (χ1v) is 5.44. The predicted octanol–water partition coefficient (Wildman–Crippen LogP) is -0.635. The van der Waals surface area contributed by atoms with Crippen molar-refractivity contribution in [3.8, 4) is 0 Å². The molecule has 1 unspecified atom stereocenters. The zero-order valence-electron chi connectivity index (χ0n) is 9.36. The topological polar surface area (TPSA) is 61.4 Å². The number of amides is 2. The van der Waals surface area contributed by atoms with Crippen molar-refractivity contribution in [3.63, 3.8) is 0 Å². The Bertz CT molecular complexity index is 281. The summed E-state index contributed by atoms with van der Waals surface area (Å²) < 4.78 is 0. The van der Waals surface area contributed by atoms with Crippen molar-refractivity contribution in [2.45, 2.75) is 18.9 Å². The molecule has 6 heteroatoms. The molecule has 1 atom stereocenters. The van der Waals surface area contributed by atoms with Crippen LogP contribution >= 0.6 is 12.4 Å². The first kappa shape index (κ1) is 13.3. The molecular weight excluding hydrogens is 230 g/mol. The van der Waals surface area contributed by atoms with Gasteiger partial charge >= 0.3 is 0 Å². The van der Waals surface area contributed by atoms with Crippen molar-refractivity contribution < 1.29 is 9.59 Å². The summed E-state index contributed by atoms with van der Waals surface area (Å²) in [5.74, 6) is 0.120. The molecule has 0 aliphatic carbocycles. The number of piperidine rings is 1. The number of hydrogen-bond acceptors (Lipinski definition) is 3. The summed E-state index contributed by atoms with van der Waals surface area (Å²) in [6.07, 6.45) is 1.74. The van der Waals surface area contributed by atoms with Gasteiger partial charge in [-0.05, 0) is 12.8 Å². The zero-order chi connectivity index (χ0) is 10.8. The number of nitrogens with zero attached hydrogens (tertiary/aromatic N) is 1. The Kier molecular flexibility index (Phi) is 4.56. The van der Waals surface area contributed by atoms with Crippen molar-refractivity contribution in [2.24, 2.45) is 5.92 Å². The van der Waals surface area contributed by atoms with Crippen molar-refractivity contribution in [1.82, 2.24) is 15.5 Å². The van der Waals surface area contributed by atoms with E-state index in [1.807, 2.05) is 0 Å². The van der Waals surface area contributed by atoms with Crippen molar-refractivity contribution in [2.75, 3.05) is 26.7 Å². The number of carbonyl (C=O) groups excluding carboxylic acids is 2. The smallest absolute Gasteiger partial charge is 0.244 e. The molecule has 0 aromatic carbocycles. The van der Waals surface area contributed by atoms with Gasteiger partial charge in [-0.15, -0.1) is 12.4 Å². The lowest BCUT2D eigenvalue weighted by atomic mass is 10.00. The molecule has 0 spiro atoms. The molecule has 2 rings (SSSR count). The van der Waals surface area contributed by atoms with Gasteiger partial charge in [-0.3, -0.25) is 9.59 Å². The van der Waals surface area contributed by atoms with Crippen LogP contribution in [0.25, 0.3) is 0 Å². The normalized spacial score (nSPS) is 25.7. The zero-order valence-corrected chi connectivity index (χ0v) is 10.2. The van der Waals surface area contributed by atoms with E-state index in [2.05, 4.69) is 10.6 Å². The third-order valence-corrected chi connectivity index (χ3v) is 3.13. The first-order valence-electron chi connectivity index (χ1n) is 5.44. The average Bonchev–Trinajstić information content (AvgIpc) is 2.10. The molecule has 0 saturated carbocycles. The number of likely N-dealkylation sites (N-methyl/N-ethyl adjacent to an activating group) is 1. The summed E-state index contributed by atoms with van der Waals surface area (Å²) in [5, 5.41) is 5.87. The monoisotopic (exact) mass is 247 g/mol. The SMILES string of the molecule is CN1CCCC(NC(=O)C2CNC2)C1=O.Cl. The molecule has 0 aromatic rings. The summed E-state index contributed by atoms with van der Waals surface area (Å²) >= 11 is 0. The third kappa shape index (κ3) is 2.65. The van der Waals surface area contributed by atoms with Gasteiger partial charge < -0.3 is 15.5 Å². The first-order chi connectivity index (χ1) is 7.18. The molecular formula is C10H18ClN3O2. The fourth-order valence-electron chi connectivity index (χ4n) is 1.93. The lowest BCUT2D eigenvalue weighted by molar-refractivity contribution is -0.139. The minimum atomic E-state index is -0.295. The molecule has 2 heterocycles. The molecule has 2 aliphatic rings. The molecule has 2 N–H and O–H groups in total. The van der Waals surface area contributed by atoms with Gasteiger partial charge in [0.1, 0.15) is 6.04 Å². The summed E-state index contributed by atoms with van der Waals surface area (Å²) in [7, 11) is 1.78. The van der Waals surface area contributed by atoms with Gasteiger partial charge in [-0.1, -0.05) is 0 Å². The number of halogens is 1. The molecule has 92 valence electrons. The largest absolute Gasteiger partial charge is 0.344 e. The molecule has 0 radical (unpaired) electrons. The molecule has 2 aliphatic heterocycles. The second-order valence-corrected chi connectivity index (χ2v) is 4.32. The van der Waals surface area contributed by atoms with Crippen LogP contribution in [-0.4, -0.2) is 49.4 Å². The minimum Gasteiger partial charge on any atom is -0.344 e. The fraction of sp³-hybridized carbons (Fsp3) is 0.800. The molecule has 0 bridgehead atoms. The van der Waals surface area contributed by atoms with Gasteiger partial charge in [-0.2, -0.15) is 0 Å². The van der Waals surface area contributed by atoms with E-state index in [-0.39, 0.29) is 36.2 Å². The van der Waals surface area contributed by atoms with Crippen LogP contribution in [-0.2, 0) is 9.59 Å². The molecule has 5 nitrogen and oxygen atoms in total. The van der Waals surface area contributed by atoms with E-state index in [0.717, 1.165) is 32.5 Å². The van der Waals surface area contributed by atoms with Crippen LogP contribution in [0.1, 0.15) is 12.8 Å². The van der Waals surface area contributed by atoms with Gasteiger partial charge in [0.25, 0.3) is 0 Å². The van der Waals surface area contributed by atoms with Crippen LogP contribution < -0.4 is 10.6 Å². The molecule has 2 amide bonds. The third-order valence-electron chi connectivity index (χ3n) is 3.13. The van der Waals surface area contributed by atoms with Crippen LogP contribution in [0.4, 0.5) is 0 Å². The Labute approximate surface area is 101 Å². The van der Waals surface area contributed by atoms with Crippen LogP contribution in [0.5, 0.6) is 0 Å². The molecule has 0 aromatic heterocycles. The Morgan fingerprint density at radius 2 is 2.19 bits per heavy atom. The van der Waals surface area contributed by atoms with Crippen LogP contribution in [0, 0.1) is 5.92 Å². The van der Waals surface area contributed by atoms with Crippen LogP contribution in [0.2, 0.25) is 0 Å².